The van der Waals surface area contributed by atoms with Crippen LogP contribution in [0.3, 0.4) is 0 Å². The van der Waals surface area contributed by atoms with E-state index in [2.05, 4.69) is 26.6 Å². The van der Waals surface area contributed by atoms with Crippen molar-refractivity contribution in [3.8, 4) is 0 Å². The van der Waals surface area contributed by atoms with Gasteiger partial charge in [0.2, 0.25) is 11.8 Å². The number of carbonyl (C=O) groups excluding carboxylic acids is 2. The minimum Gasteiger partial charge on any atom is -0.405 e. The summed E-state index contributed by atoms with van der Waals surface area (Å²) < 4.78 is 63.0. The SMILES string of the molecule is CC1(C)OB(B2OC(C)(C)C(C)(C)O2)OC1(C)C.CC1(C)OB(c2ccc(CC(=O)NCc3cccc(F)c3)cc2)OC1(C)C.O=C(Cc1ccc(Br)cc1)NCc1cccc(F)c1. The predicted molar refractivity (Wildman–Crippen MR) is 252 cm³/mol. The van der Waals surface area contributed by atoms with Gasteiger partial charge < -0.3 is 38.6 Å². The van der Waals surface area contributed by atoms with E-state index in [1.54, 1.807) is 24.3 Å². The molecular weight excluding hydrogens is 883 g/mol. The van der Waals surface area contributed by atoms with Gasteiger partial charge in [0.25, 0.3) is 0 Å². The summed E-state index contributed by atoms with van der Waals surface area (Å²) >= 11 is 3.34. The fraction of sp³-hybridized carbons (Fsp3) is 0.458. The Morgan fingerprint density at radius 3 is 1.16 bits per heavy atom. The molecule has 10 nitrogen and oxygen atoms in total. The van der Waals surface area contributed by atoms with E-state index in [1.807, 2.05) is 132 Å². The summed E-state index contributed by atoms with van der Waals surface area (Å²) in [5, 5.41) is 5.58. The summed E-state index contributed by atoms with van der Waals surface area (Å²) in [5.74, 6) is -0.783. The molecule has 0 saturated carbocycles. The molecule has 0 radical (unpaired) electrons. The van der Waals surface area contributed by atoms with Crippen LogP contribution in [-0.4, -0.2) is 66.6 Å². The number of hydrogen-bond acceptors (Lipinski definition) is 8. The number of rotatable bonds is 10. The van der Waals surface area contributed by atoms with E-state index in [1.165, 1.54) is 24.3 Å². The van der Waals surface area contributed by atoms with Crippen LogP contribution in [0.25, 0.3) is 0 Å². The topological polar surface area (TPSA) is 114 Å². The van der Waals surface area contributed by atoms with Crippen molar-refractivity contribution in [2.45, 2.75) is 143 Å². The van der Waals surface area contributed by atoms with E-state index >= 15 is 0 Å². The lowest BCUT2D eigenvalue weighted by Gasteiger charge is -2.32. The molecule has 2 N–H and O–H groups in total. The minimum absolute atomic E-state index is 0.0772. The average Bonchev–Trinajstić information content (AvgIpc) is 3.67. The highest BCUT2D eigenvalue weighted by atomic mass is 79.9. The molecule has 2 amide bonds. The molecule has 4 aromatic rings. The number of amides is 2. The molecule has 4 aromatic carbocycles. The number of nitrogens with one attached hydrogen (secondary N) is 2. The molecule has 7 rings (SSSR count). The van der Waals surface area contributed by atoms with E-state index in [-0.39, 0.29) is 63.5 Å². The van der Waals surface area contributed by atoms with Gasteiger partial charge in [-0.25, -0.2) is 8.78 Å². The third-order valence-electron chi connectivity index (χ3n) is 12.7. The highest BCUT2D eigenvalue weighted by Gasteiger charge is 2.63. The van der Waals surface area contributed by atoms with Gasteiger partial charge in [-0.15, -0.1) is 0 Å². The largest absolute Gasteiger partial charge is 0.494 e. The predicted octanol–water partition coefficient (Wildman–Crippen LogP) is 8.68. The maximum absolute atomic E-state index is 13.2. The Kier molecular flexibility index (Phi) is 16.2. The zero-order valence-electron chi connectivity index (χ0n) is 39.2. The van der Waals surface area contributed by atoms with Gasteiger partial charge in [-0.3, -0.25) is 9.59 Å². The van der Waals surface area contributed by atoms with Crippen LogP contribution >= 0.6 is 15.9 Å². The standard InChI is InChI=1S/C21H25BFNO3.C15H13BrFNO.C12H24B2O4/c1-20(2)21(3,4)27-22(26-20)17-10-8-15(9-11-17)13-19(25)24-14-16-6-5-7-18(23)12-16;16-13-6-4-11(5-7-13)9-15(19)18-10-12-2-1-3-14(17)8-12;1-9(2)10(3,4)16-13(15-9)14-17-11(5,6)12(7,8)18-14/h5-12H,13-14H2,1-4H3,(H,24,25);1-8H,9-10H2,(H,18,19);1-8H3. The van der Waals surface area contributed by atoms with Crippen LogP contribution in [0.15, 0.2) is 102 Å². The zero-order chi connectivity index (χ0) is 47.3. The van der Waals surface area contributed by atoms with Crippen LogP contribution < -0.4 is 16.1 Å². The highest BCUT2D eigenvalue weighted by molar-refractivity contribution is 9.10. The Balaban J connectivity index is 0.000000186. The van der Waals surface area contributed by atoms with Gasteiger partial charge in [-0.1, -0.05) is 76.6 Å². The van der Waals surface area contributed by atoms with Gasteiger partial charge in [0.15, 0.2) is 0 Å². The Morgan fingerprint density at radius 2 is 0.812 bits per heavy atom. The van der Waals surface area contributed by atoms with Crippen molar-refractivity contribution in [2.24, 2.45) is 0 Å². The molecule has 0 unspecified atom stereocenters. The second kappa shape index (κ2) is 20.3. The van der Waals surface area contributed by atoms with Gasteiger partial charge in [0.1, 0.15) is 11.6 Å². The third-order valence-corrected chi connectivity index (χ3v) is 13.2. The molecule has 0 bridgehead atoms. The molecule has 3 aliphatic rings. The Labute approximate surface area is 387 Å². The Hall–Kier alpha value is -3.89. The second-order valence-electron chi connectivity index (χ2n) is 19.4. The first-order valence-electron chi connectivity index (χ1n) is 21.6. The molecule has 3 saturated heterocycles. The molecule has 3 heterocycles. The monoisotopic (exact) mass is 944 g/mol. The summed E-state index contributed by atoms with van der Waals surface area (Å²) in [6.45, 7) is 24.9. The number of hydrogen-bond donors (Lipinski definition) is 2. The van der Waals surface area contributed by atoms with Crippen molar-refractivity contribution in [1.82, 2.24) is 10.6 Å². The first kappa shape index (κ1) is 51.1. The lowest BCUT2D eigenvalue weighted by atomic mass is 9.49. The van der Waals surface area contributed by atoms with E-state index in [9.17, 15) is 18.4 Å². The van der Waals surface area contributed by atoms with E-state index < -0.39 is 21.1 Å². The first-order valence-corrected chi connectivity index (χ1v) is 22.4. The minimum atomic E-state index is -0.476. The molecule has 3 aliphatic heterocycles. The van der Waals surface area contributed by atoms with Crippen LogP contribution in [0.4, 0.5) is 8.78 Å². The summed E-state index contributed by atoms with van der Waals surface area (Å²) in [7, 11) is -1.36. The summed E-state index contributed by atoms with van der Waals surface area (Å²) in [5.41, 5.74) is 2.05. The first-order chi connectivity index (χ1) is 29.7. The van der Waals surface area contributed by atoms with Gasteiger partial charge >= 0.3 is 21.1 Å². The van der Waals surface area contributed by atoms with Crippen molar-refractivity contribution < 1.29 is 46.3 Å². The molecule has 16 heteroatoms. The number of halogens is 3. The summed E-state index contributed by atoms with van der Waals surface area (Å²) in [6, 6.07) is 27.7. The zero-order valence-corrected chi connectivity index (χ0v) is 40.8. The van der Waals surface area contributed by atoms with E-state index in [0.717, 1.165) is 32.2 Å². The number of carbonyl (C=O) groups is 2. The summed E-state index contributed by atoms with van der Waals surface area (Å²) in [6.07, 6.45) is 0.585. The van der Waals surface area contributed by atoms with Crippen LogP contribution in [0, 0.1) is 11.6 Å². The Morgan fingerprint density at radius 1 is 0.484 bits per heavy atom. The van der Waals surface area contributed by atoms with Crippen LogP contribution in [0.1, 0.15) is 105 Å². The maximum atomic E-state index is 13.2. The van der Waals surface area contributed by atoms with Crippen molar-refractivity contribution in [3.63, 3.8) is 0 Å². The molecule has 0 aromatic heterocycles. The summed E-state index contributed by atoms with van der Waals surface area (Å²) in [4.78, 5) is 23.9. The highest BCUT2D eigenvalue weighted by Crippen LogP contribution is 2.43. The second-order valence-corrected chi connectivity index (χ2v) is 20.3. The van der Waals surface area contributed by atoms with Crippen molar-refractivity contribution in [1.29, 1.82) is 0 Å². The fourth-order valence-electron chi connectivity index (χ4n) is 6.56. The average molecular weight is 945 g/mol. The van der Waals surface area contributed by atoms with Crippen LogP contribution in [-0.2, 0) is 63.4 Å². The molecule has 0 aliphatic carbocycles. The van der Waals surface area contributed by atoms with E-state index in [0.29, 0.717) is 19.5 Å². The molecular formula is C48H62B3BrF2N2O8. The van der Waals surface area contributed by atoms with Crippen molar-refractivity contribution >= 4 is 54.3 Å². The molecule has 0 spiro atoms. The third kappa shape index (κ3) is 13.4. The molecule has 0 atom stereocenters. The lowest BCUT2D eigenvalue weighted by Crippen LogP contribution is -2.41. The lowest BCUT2D eigenvalue weighted by molar-refractivity contribution is -0.121. The van der Waals surface area contributed by atoms with Gasteiger partial charge in [-0.05, 0) is 147 Å². The van der Waals surface area contributed by atoms with Gasteiger partial charge in [0.05, 0.1) is 46.4 Å². The van der Waals surface area contributed by atoms with E-state index in [4.69, 9.17) is 27.9 Å². The normalized spacial score (nSPS) is 19.5. The maximum Gasteiger partial charge on any atom is 0.494 e. The number of benzene rings is 4. The van der Waals surface area contributed by atoms with Crippen molar-refractivity contribution in [2.75, 3.05) is 0 Å². The van der Waals surface area contributed by atoms with Crippen molar-refractivity contribution in [3.05, 3.63) is 135 Å². The molecule has 342 valence electrons. The fourth-order valence-corrected chi connectivity index (χ4v) is 6.83. The van der Waals surface area contributed by atoms with Gasteiger partial charge in [-0.2, -0.15) is 0 Å². The van der Waals surface area contributed by atoms with Gasteiger partial charge in [0, 0.05) is 17.6 Å². The Bertz CT molecular complexity index is 2140. The smallest absolute Gasteiger partial charge is 0.405 e. The van der Waals surface area contributed by atoms with Crippen LogP contribution in [0.2, 0.25) is 0 Å². The van der Waals surface area contributed by atoms with Crippen LogP contribution in [0.5, 0.6) is 0 Å². The quantitative estimate of drug-likeness (QED) is 0.152. The molecule has 3 fully saturated rings. The molecule has 64 heavy (non-hydrogen) atoms.